The van der Waals surface area contributed by atoms with Crippen LogP contribution in [0.5, 0.6) is 11.5 Å². The fourth-order valence-electron chi connectivity index (χ4n) is 3.84. The first kappa shape index (κ1) is 29.5. The van der Waals surface area contributed by atoms with E-state index < -0.39 is 36.1 Å². The first-order valence-electron chi connectivity index (χ1n) is 12.1. The Bertz CT molecular complexity index is 877. The molecule has 2 rings (SSSR count). The molecule has 4 unspecified atom stereocenters. The molecule has 0 saturated carbocycles. The second kappa shape index (κ2) is 14.7. The van der Waals surface area contributed by atoms with Gasteiger partial charge in [-0.15, -0.1) is 0 Å². The number of carbonyl (C=O) groups is 3. The summed E-state index contributed by atoms with van der Waals surface area (Å²) in [5.41, 5.74) is -0.186. The number of amides is 1. The van der Waals surface area contributed by atoms with Crippen LogP contribution >= 0.6 is 0 Å². The minimum atomic E-state index is -0.939. The number of carbonyl (C=O) groups excluding carboxylic acids is 3. The average molecular weight is 511 g/mol. The number of hydrogen-bond acceptors (Lipinski definition) is 10. The fraction of sp³-hybridized carbons (Fsp3) is 0.680. The third-order valence-electron chi connectivity index (χ3n) is 5.65. The van der Waals surface area contributed by atoms with Gasteiger partial charge in [-0.3, -0.25) is 9.59 Å². The van der Waals surface area contributed by atoms with Crippen LogP contribution in [0.25, 0.3) is 0 Å². The molecule has 36 heavy (non-hydrogen) atoms. The maximum atomic E-state index is 13.2. The molecule has 1 fully saturated rings. The molecule has 202 valence electrons. The summed E-state index contributed by atoms with van der Waals surface area (Å²) < 4.78 is 32.8. The average Bonchev–Trinajstić information content (AvgIpc) is 2.89. The second-order valence-electron chi connectivity index (χ2n) is 8.97. The summed E-state index contributed by atoms with van der Waals surface area (Å²) in [5, 5.41) is 2.68. The summed E-state index contributed by atoms with van der Waals surface area (Å²) in [6.45, 7) is 6.56. The molecule has 1 saturated heterocycles. The summed E-state index contributed by atoms with van der Waals surface area (Å²) >= 11 is 0. The molecule has 1 amide bonds. The van der Waals surface area contributed by atoms with Gasteiger partial charge in [-0.2, -0.15) is 0 Å². The highest BCUT2D eigenvalue weighted by Gasteiger charge is 2.35. The van der Waals surface area contributed by atoms with Crippen LogP contribution in [0.4, 0.5) is 0 Å². The topological polar surface area (TPSA) is 132 Å². The number of hydrogen-bond donors (Lipinski definition) is 1. The van der Waals surface area contributed by atoms with Crippen LogP contribution in [0.3, 0.4) is 0 Å². The van der Waals surface area contributed by atoms with Crippen LogP contribution in [0.1, 0.15) is 56.9 Å². The number of pyridine rings is 1. The Morgan fingerprint density at radius 3 is 2.61 bits per heavy atom. The van der Waals surface area contributed by atoms with Crippen LogP contribution in [0.15, 0.2) is 12.3 Å². The number of ether oxygens (including phenoxy) is 6. The molecule has 1 N–H and O–H groups in total. The SMILES string of the molecule is COCCC(=O)Oc1c(OC)ccnc1C(=O)NC1CCCC(OCC(C)C)C(OC)C(C)OC1=O. The zero-order valence-electron chi connectivity index (χ0n) is 21.9. The first-order chi connectivity index (χ1) is 17.2. The standard InChI is InChI=1S/C25H38N2O9/c1-15(2)14-34-19-9-7-8-17(25(30)35-16(3)22(19)33-6)27-24(29)21-23(18(32-5)10-12-26-21)36-20(28)11-13-31-4/h10,12,15-17,19,22H,7-9,11,13-14H2,1-6H3,(H,27,29). The molecule has 0 bridgehead atoms. The molecule has 1 aliphatic heterocycles. The lowest BCUT2D eigenvalue weighted by Gasteiger charge is -2.30. The summed E-state index contributed by atoms with van der Waals surface area (Å²) in [7, 11) is 4.40. The van der Waals surface area contributed by atoms with Crippen LogP contribution in [0.2, 0.25) is 0 Å². The lowest BCUT2D eigenvalue weighted by molar-refractivity contribution is -0.164. The van der Waals surface area contributed by atoms with Crippen molar-refractivity contribution in [3.05, 3.63) is 18.0 Å². The van der Waals surface area contributed by atoms with Gasteiger partial charge >= 0.3 is 11.9 Å². The van der Waals surface area contributed by atoms with E-state index in [1.807, 2.05) is 0 Å². The molecule has 0 spiro atoms. The van der Waals surface area contributed by atoms with Crippen molar-refractivity contribution in [2.75, 3.05) is 34.5 Å². The molecule has 1 aromatic heterocycles. The van der Waals surface area contributed by atoms with Gasteiger partial charge in [-0.05, 0) is 32.1 Å². The number of esters is 2. The van der Waals surface area contributed by atoms with Crippen molar-refractivity contribution in [3.63, 3.8) is 0 Å². The van der Waals surface area contributed by atoms with Crippen molar-refractivity contribution in [1.82, 2.24) is 10.3 Å². The Hall–Kier alpha value is -2.76. The summed E-state index contributed by atoms with van der Waals surface area (Å²) in [6, 6.07) is 0.528. The number of nitrogens with zero attached hydrogens (tertiary/aromatic N) is 1. The molecule has 11 heteroatoms. The molecular formula is C25H38N2O9. The molecule has 0 aliphatic carbocycles. The highest BCUT2D eigenvalue weighted by Crippen LogP contribution is 2.30. The molecule has 0 aromatic carbocycles. The van der Waals surface area contributed by atoms with Gasteiger partial charge in [0.2, 0.25) is 5.75 Å². The molecule has 4 atom stereocenters. The van der Waals surface area contributed by atoms with Crippen molar-refractivity contribution >= 4 is 17.8 Å². The number of cyclic esters (lactones) is 1. The number of methoxy groups -OCH3 is 3. The van der Waals surface area contributed by atoms with Crippen molar-refractivity contribution in [1.29, 1.82) is 0 Å². The van der Waals surface area contributed by atoms with E-state index in [2.05, 4.69) is 24.1 Å². The van der Waals surface area contributed by atoms with E-state index in [4.69, 9.17) is 28.4 Å². The normalized spacial score (nSPS) is 22.7. The van der Waals surface area contributed by atoms with Gasteiger partial charge in [0.15, 0.2) is 11.4 Å². The van der Waals surface area contributed by atoms with Crippen LogP contribution in [0, 0.1) is 5.92 Å². The monoisotopic (exact) mass is 510 g/mol. The van der Waals surface area contributed by atoms with Gasteiger partial charge in [-0.1, -0.05) is 13.8 Å². The molecular weight excluding hydrogens is 472 g/mol. The van der Waals surface area contributed by atoms with Gasteiger partial charge in [-0.25, -0.2) is 9.78 Å². The minimum absolute atomic E-state index is 0.0246. The van der Waals surface area contributed by atoms with E-state index in [1.165, 1.54) is 26.5 Å². The van der Waals surface area contributed by atoms with Gasteiger partial charge in [0, 0.05) is 33.1 Å². The predicted octanol–water partition coefficient (Wildman–Crippen LogP) is 2.30. The predicted molar refractivity (Wildman–Crippen MR) is 129 cm³/mol. The highest BCUT2D eigenvalue weighted by molar-refractivity contribution is 5.98. The third-order valence-corrected chi connectivity index (χ3v) is 5.65. The summed E-state index contributed by atoms with van der Waals surface area (Å²) in [4.78, 5) is 42.4. The van der Waals surface area contributed by atoms with Gasteiger partial charge < -0.3 is 33.7 Å². The lowest BCUT2D eigenvalue weighted by atomic mass is 10.0. The zero-order valence-corrected chi connectivity index (χ0v) is 21.9. The van der Waals surface area contributed by atoms with E-state index in [1.54, 1.807) is 14.0 Å². The van der Waals surface area contributed by atoms with Crippen LogP contribution in [-0.4, -0.2) is 81.7 Å². The van der Waals surface area contributed by atoms with Crippen molar-refractivity contribution < 1.29 is 42.8 Å². The molecule has 0 radical (unpaired) electrons. The smallest absolute Gasteiger partial charge is 0.329 e. The van der Waals surface area contributed by atoms with Gasteiger partial charge in [0.1, 0.15) is 18.2 Å². The molecule has 2 heterocycles. The quantitative estimate of drug-likeness (QED) is 0.442. The Kier molecular flexibility index (Phi) is 12.0. The van der Waals surface area contributed by atoms with Crippen LogP contribution in [-0.2, 0) is 28.5 Å². The Labute approximate surface area is 212 Å². The first-order valence-corrected chi connectivity index (χ1v) is 12.1. The highest BCUT2D eigenvalue weighted by atomic mass is 16.6. The molecule has 11 nitrogen and oxygen atoms in total. The number of nitrogens with one attached hydrogen (secondary N) is 1. The van der Waals surface area contributed by atoms with Gasteiger partial charge in [0.25, 0.3) is 5.91 Å². The van der Waals surface area contributed by atoms with E-state index in [0.29, 0.717) is 31.8 Å². The Balaban J connectivity index is 2.20. The molecule has 1 aliphatic rings. The third kappa shape index (κ3) is 8.42. The fourth-order valence-corrected chi connectivity index (χ4v) is 3.84. The van der Waals surface area contributed by atoms with Crippen molar-refractivity contribution in [3.8, 4) is 11.5 Å². The molecule has 1 aromatic rings. The maximum Gasteiger partial charge on any atom is 0.329 e. The zero-order chi connectivity index (χ0) is 26.7. The van der Waals surface area contributed by atoms with E-state index in [-0.39, 0.29) is 36.3 Å². The maximum absolute atomic E-state index is 13.2. The van der Waals surface area contributed by atoms with Crippen molar-refractivity contribution in [2.45, 2.75) is 70.8 Å². The summed E-state index contributed by atoms with van der Waals surface area (Å²) in [5.74, 6) is -1.55. The van der Waals surface area contributed by atoms with E-state index >= 15 is 0 Å². The lowest BCUT2D eigenvalue weighted by Crippen LogP contribution is -2.45. The second-order valence-corrected chi connectivity index (χ2v) is 8.97. The number of aromatic nitrogens is 1. The minimum Gasteiger partial charge on any atom is -0.493 e. The van der Waals surface area contributed by atoms with Gasteiger partial charge in [0.05, 0.1) is 26.2 Å². The summed E-state index contributed by atoms with van der Waals surface area (Å²) in [6.07, 6.45) is 1.56. The largest absolute Gasteiger partial charge is 0.493 e. The number of rotatable bonds is 11. The van der Waals surface area contributed by atoms with E-state index in [9.17, 15) is 14.4 Å². The van der Waals surface area contributed by atoms with E-state index in [0.717, 1.165) is 0 Å². The Morgan fingerprint density at radius 1 is 1.22 bits per heavy atom. The Morgan fingerprint density at radius 2 is 1.97 bits per heavy atom. The van der Waals surface area contributed by atoms with Crippen LogP contribution < -0.4 is 14.8 Å². The van der Waals surface area contributed by atoms with Crippen molar-refractivity contribution in [2.24, 2.45) is 5.92 Å².